The molecule has 5 aliphatic heterocycles. The van der Waals surface area contributed by atoms with E-state index in [4.69, 9.17) is 56.3 Å². The Hall–Kier alpha value is -2.39. The summed E-state index contributed by atoms with van der Waals surface area (Å²) >= 11 is 0. The zero-order chi connectivity index (χ0) is 59.3. The molecule has 5 saturated heterocycles. The van der Waals surface area contributed by atoms with Crippen molar-refractivity contribution >= 4 is 22.3 Å². The fourth-order valence-electron chi connectivity index (χ4n) is 16.4. The summed E-state index contributed by atoms with van der Waals surface area (Å²) < 4.78 is 104. The highest BCUT2D eigenvalue weighted by Gasteiger charge is 2.79. The zero-order valence-corrected chi connectivity index (χ0v) is 48.3. The Morgan fingerprint density at radius 2 is 1.43 bits per heavy atom. The van der Waals surface area contributed by atoms with Crippen molar-refractivity contribution in [3.63, 3.8) is 0 Å². The lowest BCUT2D eigenvalue weighted by Crippen LogP contribution is -2.65. The molecule has 0 aromatic heterocycles. The van der Waals surface area contributed by atoms with Gasteiger partial charge in [-0.25, -0.2) is 4.18 Å². The number of carbonyl (C=O) groups excluding carboxylic acids is 2. The van der Waals surface area contributed by atoms with E-state index >= 15 is 0 Å². The molecule has 9 N–H and O–H groups in total. The average molecular weight is 1180 g/mol. The van der Waals surface area contributed by atoms with Gasteiger partial charge in [-0.2, -0.15) is 8.42 Å². The molecule has 1 unspecified atom stereocenters. The first-order valence-corrected chi connectivity index (χ1v) is 29.7. The van der Waals surface area contributed by atoms with Crippen molar-refractivity contribution in [3.05, 3.63) is 23.8 Å². The molecule has 1 spiro atoms. The number of aliphatic hydroxyl groups is 8. The van der Waals surface area contributed by atoms with Crippen LogP contribution in [0.15, 0.2) is 23.8 Å². The van der Waals surface area contributed by atoms with Gasteiger partial charge in [-0.05, 0) is 101 Å². The maximum atomic E-state index is 14.7. The number of esters is 2. The van der Waals surface area contributed by atoms with Crippen molar-refractivity contribution in [2.24, 2.45) is 39.4 Å². The van der Waals surface area contributed by atoms with Gasteiger partial charge in [-0.15, -0.1) is 6.58 Å². The second kappa shape index (κ2) is 23.4. The van der Waals surface area contributed by atoms with Gasteiger partial charge in [-0.3, -0.25) is 14.1 Å². The van der Waals surface area contributed by atoms with Gasteiger partial charge in [-0.1, -0.05) is 44.9 Å². The Balaban J connectivity index is 0.906. The summed E-state index contributed by atoms with van der Waals surface area (Å²) in [6.45, 7) is 17.7. The number of carbonyl (C=O) groups is 2. The van der Waals surface area contributed by atoms with Gasteiger partial charge >= 0.3 is 22.3 Å². The van der Waals surface area contributed by atoms with Crippen molar-refractivity contribution in [2.75, 3.05) is 26.9 Å². The van der Waals surface area contributed by atoms with Crippen LogP contribution in [0.3, 0.4) is 0 Å². The molecule has 0 aromatic rings. The summed E-state index contributed by atoms with van der Waals surface area (Å²) in [6, 6.07) is 0. The number of cyclic esters (lactones) is 1. The molecular weight excluding hydrogens is 1090 g/mol. The molecule has 4 aliphatic carbocycles. The number of hydrogen-bond acceptors (Lipinski definition) is 24. The molecule has 9 rings (SSSR count). The SMILES string of the molecule is C=C(C)CCC[C@]1(C)OC(=O)[C@]23CC[C@@H]4C(=CCC5C(C)(C)[C@@H](O[C@@H]6OC[C@@H](OS(=O)(=O)O)[C@H](O)[C@H]6O[C@@H]6O[C@H](C)[C@@H](O[C@@H]7OC[C@@H](O)[C@H](O[C@@H]8O[C@H](CO)[C@@H](O)[C@H](OC)[C@H]8O)[C@H]7O)[C@H](O)[C@H]6O)CC[C@@]54C)[C@]2(C)C[C@H](OC(C)=O)[C@@H]31. The highest BCUT2D eigenvalue weighted by Crippen LogP contribution is 2.77. The monoisotopic (exact) mass is 1180 g/mol. The van der Waals surface area contributed by atoms with Crippen LogP contribution in [0.25, 0.3) is 0 Å². The van der Waals surface area contributed by atoms with E-state index in [0.29, 0.717) is 44.9 Å². The van der Waals surface area contributed by atoms with Crippen LogP contribution in [0.5, 0.6) is 0 Å². The highest BCUT2D eigenvalue weighted by molar-refractivity contribution is 7.80. The molecule has 81 heavy (non-hydrogen) atoms. The smallest absolute Gasteiger partial charge is 0.397 e. The lowest BCUT2D eigenvalue weighted by atomic mass is 9.41. The molecule has 26 heteroatoms. The summed E-state index contributed by atoms with van der Waals surface area (Å²) in [5.41, 5.74) is -1.15. The van der Waals surface area contributed by atoms with E-state index in [9.17, 15) is 63.4 Å². The normalized spacial score (nSPS) is 49.6. The predicted octanol–water partition coefficient (Wildman–Crippen LogP) is 0.620. The largest absolute Gasteiger partial charge is 0.462 e. The number of fused-ring (bicyclic) bond motifs is 4. The van der Waals surface area contributed by atoms with Gasteiger partial charge < -0.3 is 93.0 Å². The second-order valence-electron chi connectivity index (χ2n) is 25.6. The Kier molecular flexibility index (Phi) is 18.2. The Morgan fingerprint density at radius 1 is 0.778 bits per heavy atom. The van der Waals surface area contributed by atoms with Crippen molar-refractivity contribution in [1.82, 2.24) is 0 Å². The van der Waals surface area contributed by atoms with E-state index in [-0.39, 0.29) is 29.1 Å². The average Bonchev–Trinajstić information content (AvgIpc) is 2.79. The first-order valence-electron chi connectivity index (χ1n) is 28.3. The number of allylic oxidation sites excluding steroid dienone is 3. The van der Waals surface area contributed by atoms with Crippen LogP contribution in [-0.2, 0) is 76.3 Å². The Morgan fingerprint density at radius 3 is 2.09 bits per heavy atom. The van der Waals surface area contributed by atoms with Crippen LogP contribution in [-0.4, -0.2) is 221 Å². The van der Waals surface area contributed by atoms with Crippen molar-refractivity contribution < 1.29 is 120 Å². The zero-order valence-electron chi connectivity index (χ0n) is 47.5. The van der Waals surface area contributed by atoms with E-state index in [0.717, 1.165) is 18.4 Å². The fourth-order valence-corrected chi connectivity index (χ4v) is 16.9. The molecule has 462 valence electrons. The number of hydrogen-bond donors (Lipinski definition) is 9. The van der Waals surface area contributed by atoms with Crippen molar-refractivity contribution in [2.45, 2.75) is 242 Å². The third-order valence-corrected chi connectivity index (χ3v) is 20.7. The quantitative estimate of drug-likeness (QED) is 0.0547. The summed E-state index contributed by atoms with van der Waals surface area (Å²) in [4.78, 5) is 27.4. The van der Waals surface area contributed by atoms with Crippen LogP contribution >= 0.6 is 0 Å². The summed E-state index contributed by atoms with van der Waals surface area (Å²) in [5, 5.41) is 88.4. The van der Waals surface area contributed by atoms with E-state index in [1.165, 1.54) is 26.5 Å². The lowest BCUT2D eigenvalue weighted by molar-refractivity contribution is -0.382. The summed E-state index contributed by atoms with van der Waals surface area (Å²) in [7, 11) is -3.95. The first-order chi connectivity index (χ1) is 37.9. The molecule has 0 amide bonds. The summed E-state index contributed by atoms with van der Waals surface area (Å²) in [5.74, 6) is -0.970. The van der Waals surface area contributed by atoms with Gasteiger partial charge in [0.05, 0.1) is 43.4 Å². The van der Waals surface area contributed by atoms with Gasteiger partial charge in [0.15, 0.2) is 25.2 Å². The minimum absolute atomic E-state index is 0.0147. The Labute approximate surface area is 472 Å². The maximum Gasteiger partial charge on any atom is 0.397 e. The van der Waals surface area contributed by atoms with Crippen LogP contribution in [0.1, 0.15) is 113 Å². The number of rotatable bonds is 17. The number of ether oxygens (including phenoxy) is 11. The van der Waals surface area contributed by atoms with Gasteiger partial charge in [0.2, 0.25) is 0 Å². The molecule has 3 saturated carbocycles. The predicted molar refractivity (Wildman–Crippen MR) is 276 cm³/mol. The third-order valence-electron chi connectivity index (χ3n) is 20.2. The number of aliphatic hydroxyl groups excluding tert-OH is 8. The maximum absolute atomic E-state index is 14.7. The Bertz CT molecular complexity index is 2440. The topological polar surface area (TPSA) is 361 Å². The minimum atomic E-state index is -5.16. The molecule has 25 nitrogen and oxygen atoms in total. The lowest BCUT2D eigenvalue weighted by Gasteiger charge is -2.64. The molecule has 9 aliphatic rings. The molecule has 5 heterocycles. The molecule has 0 radical (unpaired) electrons. The molecule has 8 fully saturated rings. The van der Waals surface area contributed by atoms with Crippen LogP contribution in [0.4, 0.5) is 0 Å². The number of methoxy groups -OCH3 is 1. The third kappa shape index (κ3) is 11.1. The van der Waals surface area contributed by atoms with Gasteiger partial charge in [0.1, 0.15) is 91.1 Å². The van der Waals surface area contributed by atoms with E-state index in [1.807, 2.05) is 13.8 Å². The molecule has 27 atom stereocenters. The van der Waals surface area contributed by atoms with E-state index in [1.54, 1.807) is 0 Å². The van der Waals surface area contributed by atoms with Crippen molar-refractivity contribution in [1.29, 1.82) is 0 Å². The summed E-state index contributed by atoms with van der Waals surface area (Å²) in [6.07, 6.45) is -22.3. The second-order valence-corrected chi connectivity index (χ2v) is 26.6. The molecule has 0 bridgehead atoms. The fraction of sp³-hybridized carbons (Fsp3) is 0.891. The molecule has 0 aromatic carbocycles. The highest BCUT2D eigenvalue weighted by atomic mass is 32.3. The van der Waals surface area contributed by atoms with E-state index in [2.05, 4.69) is 40.3 Å². The van der Waals surface area contributed by atoms with Crippen LogP contribution in [0.2, 0.25) is 0 Å². The minimum Gasteiger partial charge on any atom is -0.462 e. The van der Waals surface area contributed by atoms with Crippen molar-refractivity contribution in [3.8, 4) is 0 Å². The standard InChI is InChI=1S/C55H86O25S/c1-24(2)12-11-17-54(9)45-30(73-26(4)57)20-53(8)28-13-14-33-51(5,6)34(16-18-52(33,7)27(28)15-19-55(45,53)50(65)79-54)75-49-44(36(60)32(23-71-49)80-81(66,67)68)78-47-38(62)37(61)41(25(3)72-47)76-46-39(63)42(29(58)22-70-46)77-48-40(64)43(69-10)35(59)31(21-56)74-48/h13,25,27,29-49,56,58-64H,1,11-12,14-23H2,2-10H3,(H,66,67,68)/t25-,27-,29-,30+,31-,32-,33?,34+,35-,36+,37-,38-,39-,40-,41-,42+,43+,44-,45-,46+,47+,48+,49+,52-,53+,54+,55-/m1/s1. The van der Waals surface area contributed by atoms with Gasteiger partial charge in [0, 0.05) is 19.4 Å². The van der Waals surface area contributed by atoms with Gasteiger partial charge in [0.25, 0.3) is 0 Å². The molecular formula is C55H86O25S. The van der Waals surface area contributed by atoms with E-state index < -0.39 is 181 Å². The van der Waals surface area contributed by atoms with Crippen LogP contribution < -0.4 is 0 Å². The van der Waals surface area contributed by atoms with Crippen LogP contribution in [0, 0.1) is 39.4 Å². The first kappa shape index (κ1) is 63.1.